The molecule has 0 radical (unpaired) electrons. The average Bonchev–Trinajstić information content (AvgIpc) is 2.47. The molecule has 2 aromatic carbocycles. The van der Waals surface area contributed by atoms with E-state index in [0.29, 0.717) is 11.4 Å². The standard InChI is InChI=1S/C17H18N2O3/c1-3-13-7-4-5-10-16(13)19-17(21)18-14-8-6-9-15(11-14)22-12(2)20/h4-11H,3H2,1-2H3,(H2,18,19,21). The average molecular weight is 298 g/mol. The van der Waals surface area contributed by atoms with E-state index in [4.69, 9.17) is 4.74 Å². The van der Waals surface area contributed by atoms with E-state index in [2.05, 4.69) is 10.6 Å². The number of esters is 1. The number of amides is 2. The summed E-state index contributed by atoms with van der Waals surface area (Å²) in [5.41, 5.74) is 2.38. The zero-order valence-corrected chi connectivity index (χ0v) is 12.6. The summed E-state index contributed by atoms with van der Waals surface area (Å²) >= 11 is 0. The second-order valence-corrected chi connectivity index (χ2v) is 4.71. The third kappa shape index (κ3) is 4.34. The molecule has 0 aliphatic rings. The van der Waals surface area contributed by atoms with E-state index in [0.717, 1.165) is 17.7 Å². The quantitative estimate of drug-likeness (QED) is 0.666. The van der Waals surface area contributed by atoms with Crippen molar-refractivity contribution in [2.45, 2.75) is 20.3 Å². The van der Waals surface area contributed by atoms with Gasteiger partial charge < -0.3 is 15.4 Å². The summed E-state index contributed by atoms with van der Waals surface area (Å²) in [6.07, 6.45) is 0.832. The Bertz CT molecular complexity index is 683. The first-order chi connectivity index (χ1) is 10.6. The zero-order chi connectivity index (χ0) is 15.9. The lowest BCUT2D eigenvalue weighted by Gasteiger charge is -2.11. The highest BCUT2D eigenvalue weighted by atomic mass is 16.5. The van der Waals surface area contributed by atoms with Gasteiger partial charge in [-0.05, 0) is 30.2 Å². The van der Waals surface area contributed by atoms with Gasteiger partial charge in [-0.1, -0.05) is 31.2 Å². The van der Waals surface area contributed by atoms with Gasteiger partial charge in [0.25, 0.3) is 0 Å². The first-order valence-corrected chi connectivity index (χ1v) is 7.03. The van der Waals surface area contributed by atoms with Crippen LogP contribution >= 0.6 is 0 Å². The molecule has 0 fully saturated rings. The fraction of sp³-hybridized carbons (Fsp3) is 0.176. The molecule has 0 heterocycles. The van der Waals surface area contributed by atoms with Crippen molar-refractivity contribution in [1.82, 2.24) is 0 Å². The number of urea groups is 1. The summed E-state index contributed by atoms with van der Waals surface area (Å²) < 4.78 is 4.98. The number of ether oxygens (including phenoxy) is 1. The molecule has 0 aliphatic carbocycles. The second-order valence-electron chi connectivity index (χ2n) is 4.71. The molecule has 5 heteroatoms. The monoisotopic (exact) mass is 298 g/mol. The molecule has 2 amide bonds. The zero-order valence-electron chi connectivity index (χ0n) is 12.6. The number of hydrogen-bond acceptors (Lipinski definition) is 3. The maximum Gasteiger partial charge on any atom is 0.323 e. The maximum absolute atomic E-state index is 12.1. The van der Waals surface area contributed by atoms with E-state index < -0.39 is 5.97 Å². The fourth-order valence-corrected chi connectivity index (χ4v) is 2.04. The van der Waals surface area contributed by atoms with Gasteiger partial charge in [0.05, 0.1) is 0 Å². The van der Waals surface area contributed by atoms with Crippen LogP contribution in [0.5, 0.6) is 5.75 Å². The molecule has 0 saturated carbocycles. The topological polar surface area (TPSA) is 67.4 Å². The third-order valence-corrected chi connectivity index (χ3v) is 3.00. The van der Waals surface area contributed by atoms with E-state index in [-0.39, 0.29) is 6.03 Å². The van der Waals surface area contributed by atoms with Gasteiger partial charge in [0.2, 0.25) is 0 Å². The van der Waals surface area contributed by atoms with Crippen LogP contribution in [0.1, 0.15) is 19.4 Å². The summed E-state index contributed by atoms with van der Waals surface area (Å²) in [5, 5.41) is 5.53. The molecule has 2 aromatic rings. The molecule has 0 aliphatic heterocycles. The predicted molar refractivity (Wildman–Crippen MR) is 86.2 cm³/mol. The molecule has 2 N–H and O–H groups in total. The predicted octanol–water partition coefficient (Wildman–Crippen LogP) is 3.82. The van der Waals surface area contributed by atoms with Gasteiger partial charge >= 0.3 is 12.0 Å². The number of nitrogens with one attached hydrogen (secondary N) is 2. The number of rotatable bonds is 4. The number of anilines is 2. The summed E-state index contributed by atoms with van der Waals surface area (Å²) in [6, 6.07) is 13.9. The molecule has 0 aromatic heterocycles. The van der Waals surface area contributed by atoms with Crippen molar-refractivity contribution in [2.75, 3.05) is 10.6 Å². The molecular formula is C17H18N2O3. The molecule has 0 spiro atoms. The minimum absolute atomic E-state index is 0.346. The van der Waals surface area contributed by atoms with Crippen molar-refractivity contribution in [2.24, 2.45) is 0 Å². The Hall–Kier alpha value is -2.82. The SMILES string of the molecule is CCc1ccccc1NC(=O)Nc1cccc(OC(C)=O)c1. The summed E-state index contributed by atoms with van der Waals surface area (Å²) in [6.45, 7) is 3.36. The van der Waals surface area contributed by atoms with Crippen LogP contribution in [-0.4, -0.2) is 12.0 Å². The third-order valence-electron chi connectivity index (χ3n) is 3.00. The number of carbonyl (C=O) groups excluding carboxylic acids is 2. The molecule has 114 valence electrons. The molecule has 2 rings (SSSR count). The van der Waals surface area contributed by atoms with E-state index in [9.17, 15) is 9.59 Å². The highest BCUT2D eigenvalue weighted by Crippen LogP contribution is 2.19. The van der Waals surface area contributed by atoms with Crippen LogP contribution in [0.15, 0.2) is 48.5 Å². The second kappa shape index (κ2) is 7.26. The maximum atomic E-state index is 12.1. The minimum Gasteiger partial charge on any atom is -0.427 e. The van der Waals surface area contributed by atoms with Gasteiger partial charge in [-0.2, -0.15) is 0 Å². The van der Waals surface area contributed by atoms with Crippen LogP contribution in [0, 0.1) is 0 Å². The lowest BCUT2D eigenvalue weighted by Crippen LogP contribution is -2.20. The molecule has 5 nitrogen and oxygen atoms in total. The van der Waals surface area contributed by atoms with Crippen LogP contribution in [0.2, 0.25) is 0 Å². The van der Waals surface area contributed by atoms with Crippen LogP contribution in [0.3, 0.4) is 0 Å². The Morgan fingerprint density at radius 1 is 1.05 bits per heavy atom. The van der Waals surface area contributed by atoms with E-state index in [1.807, 2.05) is 31.2 Å². The van der Waals surface area contributed by atoms with Gasteiger partial charge in [-0.25, -0.2) is 4.79 Å². The smallest absolute Gasteiger partial charge is 0.323 e. The highest BCUT2D eigenvalue weighted by Gasteiger charge is 2.07. The lowest BCUT2D eigenvalue weighted by atomic mass is 10.1. The minimum atomic E-state index is -0.404. The van der Waals surface area contributed by atoms with E-state index >= 15 is 0 Å². The van der Waals surface area contributed by atoms with Crippen LogP contribution in [-0.2, 0) is 11.2 Å². The Balaban J connectivity index is 2.04. The normalized spacial score (nSPS) is 9.91. The first kappa shape index (κ1) is 15.6. The van der Waals surface area contributed by atoms with Gasteiger partial charge in [-0.15, -0.1) is 0 Å². The molecule has 0 atom stereocenters. The Kier molecular flexibility index (Phi) is 5.14. The molecule has 0 saturated heterocycles. The summed E-state index contributed by atoms with van der Waals surface area (Å²) in [5.74, 6) is -0.0160. The number of carbonyl (C=O) groups is 2. The number of benzene rings is 2. The van der Waals surface area contributed by atoms with Crippen molar-refractivity contribution in [3.05, 3.63) is 54.1 Å². The Morgan fingerprint density at radius 2 is 1.82 bits per heavy atom. The van der Waals surface area contributed by atoms with Crippen molar-refractivity contribution < 1.29 is 14.3 Å². The van der Waals surface area contributed by atoms with Crippen molar-refractivity contribution in [3.63, 3.8) is 0 Å². The van der Waals surface area contributed by atoms with Crippen LogP contribution < -0.4 is 15.4 Å². The molecule has 0 unspecified atom stereocenters. The summed E-state index contributed by atoms with van der Waals surface area (Å²) in [4.78, 5) is 23.0. The fourth-order valence-electron chi connectivity index (χ4n) is 2.04. The van der Waals surface area contributed by atoms with E-state index in [1.165, 1.54) is 6.92 Å². The van der Waals surface area contributed by atoms with E-state index in [1.54, 1.807) is 24.3 Å². The van der Waals surface area contributed by atoms with Crippen molar-refractivity contribution >= 4 is 23.4 Å². The first-order valence-electron chi connectivity index (χ1n) is 7.03. The van der Waals surface area contributed by atoms with Gasteiger partial charge in [-0.3, -0.25) is 4.79 Å². The van der Waals surface area contributed by atoms with Gasteiger partial charge in [0, 0.05) is 24.4 Å². The number of hydrogen-bond donors (Lipinski definition) is 2. The highest BCUT2D eigenvalue weighted by molar-refractivity contribution is 6.00. The number of para-hydroxylation sites is 1. The van der Waals surface area contributed by atoms with Crippen molar-refractivity contribution in [3.8, 4) is 5.75 Å². The van der Waals surface area contributed by atoms with Crippen LogP contribution in [0.25, 0.3) is 0 Å². The van der Waals surface area contributed by atoms with Gasteiger partial charge in [0.1, 0.15) is 5.75 Å². The summed E-state index contributed by atoms with van der Waals surface area (Å²) in [7, 11) is 0. The Labute approximate surface area is 129 Å². The molecule has 0 bridgehead atoms. The molecule has 22 heavy (non-hydrogen) atoms. The van der Waals surface area contributed by atoms with Crippen LogP contribution in [0.4, 0.5) is 16.2 Å². The Morgan fingerprint density at radius 3 is 2.55 bits per heavy atom. The van der Waals surface area contributed by atoms with Gasteiger partial charge in [0.15, 0.2) is 0 Å². The largest absolute Gasteiger partial charge is 0.427 e. The lowest BCUT2D eigenvalue weighted by molar-refractivity contribution is -0.131. The molecular weight excluding hydrogens is 280 g/mol. The van der Waals surface area contributed by atoms with Crippen molar-refractivity contribution in [1.29, 1.82) is 0 Å². The number of aryl methyl sites for hydroxylation is 1.